The molecule has 0 radical (unpaired) electrons. The molecule has 0 saturated heterocycles. The molecular formula is C15H16Cl2S. The van der Waals surface area contributed by atoms with Gasteiger partial charge in [0.1, 0.15) is 0 Å². The van der Waals surface area contributed by atoms with Crippen molar-refractivity contribution in [3.05, 3.63) is 56.7 Å². The van der Waals surface area contributed by atoms with Crippen molar-refractivity contribution in [2.75, 3.05) is 0 Å². The van der Waals surface area contributed by atoms with Gasteiger partial charge in [0, 0.05) is 4.88 Å². The molecule has 1 heterocycles. The first-order valence-corrected chi connectivity index (χ1v) is 7.51. The van der Waals surface area contributed by atoms with Gasteiger partial charge in [-0.25, -0.2) is 0 Å². The van der Waals surface area contributed by atoms with E-state index >= 15 is 0 Å². The van der Waals surface area contributed by atoms with Crippen molar-refractivity contribution in [3.63, 3.8) is 0 Å². The summed E-state index contributed by atoms with van der Waals surface area (Å²) < 4.78 is 0.781. The summed E-state index contributed by atoms with van der Waals surface area (Å²) in [5.74, 6) is 0. The molecule has 1 unspecified atom stereocenters. The Morgan fingerprint density at radius 3 is 2.28 bits per heavy atom. The van der Waals surface area contributed by atoms with E-state index in [-0.39, 0.29) is 10.8 Å². The van der Waals surface area contributed by atoms with Gasteiger partial charge in [-0.2, -0.15) is 0 Å². The van der Waals surface area contributed by atoms with Crippen molar-refractivity contribution in [3.8, 4) is 0 Å². The standard InChI is InChI=1S/C15H16Cl2S/c1-15(2,3)11-7-5-4-6-10(11)14(17)12-8-9-13(16)18-12/h4-9,14H,1-3H3. The smallest absolute Gasteiger partial charge is 0.0931 e. The highest BCUT2D eigenvalue weighted by Gasteiger charge is 2.23. The Morgan fingerprint density at radius 1 is 1.06 bits per heavy atom. The molecular weight excluding hydrogens is 283 g/mol. The van der Waals surface area contributed by atoms with E-state index in [0.29, 0.717) is 0 Å². The van der Waals surface area contributed by atoms with Crippen molar-refractivity contribution >= 4 is 34.5 Å². The van der Waals surface area contributed by atoms with Gasteiger partial charge in [-0.1, -0.05) is 56.6 Å². The molecule has 1 aromatic carbocycles. The highest BCUT2D eigenvalue weighted by atomic mass is 35.5. The zero-order valence-corrected chi connectivity index (χ0v) is 13.0. The van der Waals surface area contributed by atoms with Crippen LogP contribution in [-0.2, 0) is 5.41 Å². The average Bonchev–Trinajstić information content (AvgIpc) is 2.74. The molecule has 2 rings (SSSR count). The van der Waals surface area contributed by atoms with E-state index in [1.165, 1.54) is 11.1 Å². The van der Waals surface area contributed by atoms with E-state index < -0.39 is 0 Å². The fourth-order valence-electron chi connectivity index (χ4n) is 2.02. The normalized spacial score (nSPS) is 13.6. The molecule has 0 nitrogen and oxygen atoms in total. The predicted octanol–water partition coefficient (Wildman–Crippen LogP) is 6.03. The van der Waals surface area contributed by atoms with Crippen LogP contribution in [-0.4, -0.2) is 0 Å². The Bertz CT molecular complexity index is 537. The molecule has 0 fully saturated rings. The van der Waals surface area contributed by atoms with Crippen LogP contribution in [0.4, 0.5) is 0 Å². The first-order chi connectivity index (χ1) is 8.39. The number of thiophene rings is 1. The molecule has 18 heavy (non-hydrogen) atoms. The van der Waals surface area contributed by atoms with Crippen LogP contribution in [0.15, 0.2) is 36.4 Å². The van der Waals surface area contributed by atoms with E-state index in [4.69, 9.17) is 23.2 Å². The van der Waals surface area contributed by atoms with Gasteiger partial charge in [-0.3, -0.25) is 0 Å². The van der Waals surface area contributed by atoms with Crippen molar-refractivity contribution in [1.29, 1.82) is 0 Å². The highest BCUT2D eigenvalue weighted by molar-refractivity contribution is 7.16. The van der Waals surface area contributed by atoms with Crippen LogP contribution in [0.1, 0.15) is 42.2 Å². The minimum absolute atomic E-state index is 0.0881. The molecule has 3 heteroatoms. The van der Waals surface area contributed by atoms with Gasteiger partial charge in [-0.15, -0.1) is 22.9 Å². The Kier molecular flexibility index (Phi) is 4.05. The fraction of sp³-hybridized carbons (Fsp3) is 0.333. The molecule has 1 atom stereocenters. The Hall–Kier alpha value is -0.500. The summed E-state index contributed by atoms with van der Waals surface area (Å²) in [6, 6.07) is 12.3. The largest absolute Gasteiger partial charge is 0.127 e. The number of hydrogen-bond donors (Lipinski definition) is 0. The first kappa shape index (κ1) is 13.9. The zero-order valence-electron chi connectivity index (χ0n) is 10.7. The summed E-state index contributed by atoms with van der Waals surface area (Å²) in [6.45, 7) is 6.62. The third-order valence-electron chi connectivity index (χ3n) is 2.89. The lowest BCUT2D eigenvalue weighted by atomic mass is 9.83. The summed E-state index contributed by atoms with van der Waals surface area (Å²) in [7, 11) is 0. The summed E-state index contributed by atoms with van der Waals surface area (Å²) in [6.07, 6.45) is 0. The van der Waals surface area contributed by atoms with Crippen molar-refractivity contribution in [2.24, 2.45) is 0 Å². The van der Waals surface area contributed by atoms with Crippen LogP contribution in [0.5, 0.6) is 0 Å². The van der Waals surface area contributed by atoms with Crippen molar-refractivity contribution < 1.29 is 0 Å². The monoisotopic (exact) mass is 298 g/mol. The predicted molar refractivity (Wildman–Crippen MR) is 82.2 cm³/mol. The van der Waals surface area contributed by atoms with E-state index in [9.17, 15) is 0 Å². The summed E-state index contributed by atoms with van der Waals surface area (Å²) in [5, 5.41) is -0.127. The second-order valence-electron chi connectivity index (χ2n) is 5.34. The number of rotatable bonds is 2. The minimum atomic E-state index is -0.127. The Balaban J connectivity index is 2.45. The van der Waals surface area contributed by atoms with Crippen LogP contribution in [0.3, 0.4) is 0 Å². The van der Waals surface area contributed by atoms with Crippen LogP contribution >= 0.6 is 34.5 Å². The SMILES string of the molecule is CC(C)(C)c1ccccc1C(Cl)c1ccc(Cl)s1. The van der Waals surface area contributed by atoms with Gasteiger partial charge in [0.05, 0.1) is 9.71 Å². The maximum Gasteiger partial charge on any atom is 0.0931 e. The van der Waals surface area contributed by atoms with E-state index in [1.54, 1.807) is 11.3 Å². The molecule has 1 aromatic heterocycles. The number of hydrogen-bond acceptors (Lipinski definition) is 1. The summed E-state index contributed by atoms with van der Waals surface area (Å²) >= 11 is 14.1. The lowest BCUT2D eigenvalue weighted by Gasteiger charge is -2.24. The van der Waals surface area contributed by atoms with Gasteiger partial charge in [0.15, 0.2) is 0 Å². The van der Waals surface area contributed by atoms with Gasteiger partial charge in [0.25, 0.3) is 0 Å². The van der Waals surface area contributed by atoms with Crippen LogP contribution in [0.25, 0.3) is 0 Å². The van der Waals surface area contributed by atoms with Crippen molar-refractivity contribution in [1.82, 2.24) is 0 Å². The third-order valence-corrected chi connectivity index (χ3v) is 4.78. The molecule has 0 bridgehead atoms. The molecule has 0 saturated carbocycles. The molecule has 96 valence electrons. The molecule has 0 aliphatic rings. The van der Waals surface area contributed by atoms with Gasteiger partial charge in [0.2, 0.25) is 0 Å². The van der Waals surface area contributed by atoms with E-state index in [2.05, 4.69) is 39.0 Å². The molecule has 2 aromatic rings. The Morgan fingerprint density at radius 2 is 1.72 bits per heavy atom. The maximum absolute atomic E-state index is 6.61. The van der Waals surface area contributed by atoms with Crippen LogP contribution in [0, 0.1) is 0 Å². The number of benzene rings is 1. The van der Waals surface area contributed by atoms with Crippen LogP contribution in [0.2, 0.25) is 4.34 Å². The third kappa shape index (κ3) is 2.90. The fourth-order valence-corrected chi connectivity index (χ4v) is 3.47. The van der Waals surface area contributed by atoms with Gasteiger partial charge >= 0.3 is 0 Å². The summed E-state index contributed by atoms with van der Waals surface area (Å²) in [4.78, 5) is 1.10. The van der Waals surface area contributed by atoms with Gasteiger partial charge in [-0.05, 0) is 28.7 Å². The van der Waals surface area contributed by atoms with E-state index in [1.807, 2.05) is 18.2 Å². The second kappa shape index (κ2) is 5.24. The van der Waals surface area contributed by atoms with Crippen LogP contribution < -0.4 is 0 Å². The second-order valence-corrected chi connectivity index (χ2v) is 7.52. The minimum Gasteiger partial charge on any atom is -0.127 e. The Labute approximate surface area is 123 Å². The molecule has 0 N–H and O–H groups in total. The maximum atomic E-state index is 6.61. The lowest BCUT2D eigenvalue weighted by molar-refractivity contribution is 0.583. The topological polar surface area (TPSA) is 0 Å². The van der Waals surface area contributed by atoms with Gasteiger partial charge < -0.3 is 0 Å². The average molecular weight is 299 g/mol. The molecule has 0 aliphatic heterocycles. The summed E-state index contributed by atoms with van der Waals surface area (Å²) in [5.41, 5.74) is 2.55. The van der Waals surface area contributed by atoms with Crippen molar-refractivity contribution in [2.45, 2.75) is 31.6 Å². The molecule has 0 spiro atoms. The number of halogens is 2. The highest BCUT2D eigenvalue weighted by Crippen LogP contribution is 2.39. The first-order valence-electron chi connectivity index (χ1n) is 5.88. The quantitative estimate of drug-likeness (QED) is 0.594. The number of alkyl halides is 1. The molecule has 0 aliphatic carbocycles. The van der Waals surface area contributed by atoms with E-state index in [0.717, 1.165) is 9.21 Å². The lowest BCUT2D eigenvalue weighted by Crippen LogP contribution is -2.14. The molecule has 0 amide bonds. The zero-order chi connectivity index (χ0) is 13.3.